The average Bonchev–Trinajstić information content (AvgIpc) is 2.73. The summed E-state index contributed by atoms with van der Waals surface area (Å²) in [4.78, 5) is 25.7. The molecule has 1 N–H and O–H groups in total. The summed E-state index contributed by atoms with van der Waals surface area (Å²) in [5.41, 5.74) is 4.23. The van der Waals surface area contributed by atoms with E-state index in [2.05, 4.69) is 0 Å². The van der Waals surface area contributed by atoms with Crippen LogP contribution in [-0.2, 0) is 11.3 Å². The number of esters is 1. The lowest BCUT2D eigenvalue weighted by molar-refractivity contribution is 0.0280. The lowest BCUT2D eigenvalue weighted by atomic mass is 9.98. The van der Waals surface area contributed by atoms with E-state index in [9.17, 15) is 9.59 Å². The van der Waals surface area contributed by atoms with E-state index < -0.39 is 12.1 Å². The highest BCUT2D eigenvalue weighted by atomic mass is 16.5. The van der Waals surface area contributed by atoms with E-state index in [1.165, 1.54) is 0 Å². The number of ether oxygens (including phenoxy) is 1. The molecule has 0 heterocycles. The minimum absolute atomic E-state index is 0.104. The zero-order valence-electron chi connectivity index (χ0n) is 15.9. The second-order valence-corrected chi connectivity index (χ2v) is 6.78. The summed E-state index contributed by atoms with van der Waals surface area (Å²) in [7, 11) is 0. The van der Waals surface area contributed by atoms with Gasteiger partial charge in [0.15, 0.2) is 6.10 Å². The Morgan fingerprint density at radius 1 is 0.786 bits per heavy atom. The molecule has 0 aromatic heterocycles. The van der Waals surface area contributed by atoms with Gasteiger partial charge >= 0.3 is 5.97 Å². The number of Topliss-reactive ketones (excluding diaryl/α,β-unsaturated/α-hetero) is 1. The molecule has 0 bridgehead atoms. The number of benzene rings is 3. The van der Waals surface area contributed by atoms with Crippen molar-refractivity contribution in [2.24, 2.45) is 0 Å². The summed E-state index contributed by atoms with van der Waals surface area (Å²) in [6.07, 6.45) is -1.03. The molecule has 3 aromatic rings. The van der Waals surface area contributed by atoms with Gasteiger partial charge in [-0.2, -0.15) is 0 Å². The highest BCUT2D eigenvalue weighted by Crippen LogP contribution is 2.25. The number of carbonyl (C=O) groups excluding carboxylic acids is 2. The van der Waals surface area contributed by atoms with Gasteiger partial charge < -0.3 is 9.84 Å². The molecule has 4 nitrogen and oxygen atoms in total. The molecule has 0 aliphatic carbocycles. The predicted octanol–water partition coefficient (Wildman–Crippen LogP) is 4.58. The summed E-state index contributed by atoms with van der Waals surface area (Å²) in [6.45, 7) is 3.80. The van der Waals surface area contributed by atoms with Crippen LogP contribution in [-0.4, -0.2) is 16.9 Å². The Hall–Kier alpha value is -3.24. The van der Waals surface area contributed by atoms with Gasteiger partial charge in [-0.1, -0.05) is 71.8 Å². The Bertz CT molecular complexity index is 955. The SMILES string of the molecule is Cc1ccc(C(=O)[C@H](OC(=O)c2ccc(CO)cc2)c2ccc(C)cc2)cc1. The fourth-order valence-electron chi connectivity index (χ4n) is 2.80. The third-order valence-electron chi connectivity index (χ3n) is 4.55. The summed E-state index contributed by atoms with van der Waals surface area (Å²) in [5, 5.41) is 9.14. The monoisotopic (exact) mass is 374 g/mol. The normalized spacial score (nSPS) is 11.7. The van der Waals surface area contributed by atoms with Gasteiger partial charge in [0.2, 0.25) is 5.78 Å². The molecule has 0 aliphatic rings. The highest BCUT2D eigenvalue weighted by molar-refractivity contribution is 6.02. The molecule has 0 aliphatic heterocycles. The number of aliphatic hydroxyl groups excluding tert-OH is 1. The first-order valence-electron chi connectivity index (χ1n) is 9.06. The Morgan fingerprint density at radius 2 is 1.29 bits per heavy atom. The van der Waals surface area contributed by atoms with Crippen molar-refractivity contribution in [2.45, 2.75) is 26.6 Å². The van der Waals surface area contributed by atoms with Crippen LogP contribution in [0.25, 0.3) is 0 Å². The lowest BCUT2D eigenvalue weighted by Crippen LogP contribution is -2.20. The maximum Gasteiger partial charge on any atom is 0.339 e. The second kappa shape index (κ2) is 8.63. The Kier molecular flexibility index (Phi) is 6.02. The largest absolute Gasteiger partial charge is 0.445 e. The molecule has 0 saturated heterocycles. The van der Waals surface area contributed by atoms with E-state index in [0.29, 0.717) is 22.3 Å². The van der Waals surface area contributed by atoms with Crippen molar-refractivity contribution in [3.8, 4) is 0 Å². The summed E-state index contributed by atoms with van der Waals surface area (Å²) in [6, 6.07) is 21.0. The topological polar surface area (TPSA) is 63.6 Å². The Balaban J connectivity index is 1.91. The molecule has 0 saturated carbocycles. The van der Waals surface area contributed by atoms with Crippen LogP contribution in [0.15, 0.2) is 72.8 Å². The maximum atomic E-state index is 13.1. The molecule has 28 heavy (non-hydrogen) atoms. The van der Waals surface area contributed by atoms with Gasteiger partial charge in [0, 0.05) is 11.1 Å². The minimum Gasteiger partial charge on any atom is -0.445 e. The number of carbonyl (C=O) groups is 2. The fraction of sp³-hybridized carbons (Fsp3) is 0.167. The first-order chi connectivity index (χ1) is 13.5. The average molecular weight is 374 g/mol. The molecule has 4 heteroatoms. The molecule has 142 valence electrons. The van der Waals surface area contributed by atoms with Crippen LogP contribution < -0.4 is 0 Å². The molecule has 0 fully saturated rings. The quantitative estimate of drug-likeness (QED) is 0.507. The highest BCUT2D eigenvalue weighted by Gasteiger charge is 2.26. The van der Waals surface area contributed by atoms with E-state index >= 15 is 0 Å². The third-order valence-corrected chi connectivity index (χ3v) is 4.55. The predicted molar refractivity (Wildman–Crippen MR) is 107 cm³/mol. The number of ketones is 1. The molecule has 0 spiro atoms. The van der Waals surface area contributed by atoms with Crippen LogP contribution in [0.2, 0.25) is 0 Å². The van der Waals surface area contributed by atoms with E-state index in [1.807, 2.05) is 38.1 Å². The van der Waals surface area contributed by atoms with Crippen molar-refractivity contribution < 1.29 is 19.4 Å². The van der Waals surface area contributed by atoms with Gasteiger partial charge in [0.05, 0.1) is 12.2 Å². The van der Waals surface area contributed by atoms with Crippen molar-refractivity contribution in [2.75, 3.05) is 0 Å². The van der Waals surface area contributed by atoms with E-state index in [0.717, 1.165) is 11.1 Å². The third kappa shape index (κ3) is 4.53. The summed E-state index contributed by atoms with van der Waals surface area (Å²) < 4.78 is 5.63. The van der Waals surface area contributed by atoms with Crippen LogP contribution in [0.5, 0.6) is 0 Å². The van der Waals surface area contributed by atoms with Crippen LogP contribution in [0, 0.1) is 13.8 Å². The minimum atomic E-state index is -1.03. The van der Waals surface area contributed by atoms with Crippen LogP contribution in [0.3, 0.4) is 0 Å². The lowest BCUT2D eigenvalue weighted by Gasteiger charge is -2.18. The smallest absolute Gasteiger partial charge is 0.339 e. The van der Waals surface area contributed by atoms with Gasteiger partial charge in [-0.15, -0.1) is 0 Å². The van der Waals surface area contributed by atoms with Crippen molar-refractivity contribution in [3.63, 3.8) is 0 Å². The molecule has 0 unspecified atom stereocenters. The number of aryl methyl sites for hydroxylation is 2. The standard InChI is InChI=1S/C24H22O4/c1-16-3-9-19(10-4-16)22(26)23(20-11-5-17(2)6-12-20)28-24(27)21-13-7-18(15-25)8-14-21/h3-14,23,25H,15H2,1-2H3/t23-/m1/s1. The van der Waals surface area contributed by atoms with E-state index in [4.69, 9.17) is 9.84 Å². The molecule has 3 rings (SSSR count). The second-order valence-electron chi connectivity index (χ2n) is 6.78. The van der Waals surface area contributed by atoms with Gasteiger partial charge in [-0.05, 0) is 31.5 Å². The Labute approximate surface area is 164 Å². The number of hydrogen-bond donors (Lipinski definition) is 1. The first kappa shape index (κ1) is 19.5. The zero-order valence-corrected chi connectivity index (χ0v) is 15.9. The van der Waals surface area contributed by atoms with E-state index in [1.54, 1.807) is 48.5 Å². The van der Waals surface area contributed by atoms with E-state index in [-0.39, 0.29) is 12.4 Å². The van der Waals surface area contributed by atoms with Gasteiger partial charge in [0.1, 0.15) is 0 Å². The Morgan fingerprint density at radius 3 is 1.82 bits per heavy atom. The number of aliphatic hydroxyl groups is 1. The molecule has 0 amide bonds. The van der Waals surface area contributed by atoms with Gasteiger partial charge in [-0.3, -0.25) is 4.79 Å². The maximum absolute atomic E-state index is 13.1. The van der Waals surface area contributed by atoms with Crippen molar-refractivity contribution >= 4 is 11.8 Å². The summed E-state index contributed by atoms with van der Waals surface area (Å²) in [5.74, 6) is -0.861. The van der Waals surface area contributed by atoms with Crippen molar-refractivity contribution in [1.29, 1.82) is 0 Å². The first-order valence-corrected chi connectivity index (χ1v) is 9.06. The molecular formula is C24H22O4. The fourth-order valence-corrected chi connectivity index (χ4v) is 2.80. The van der Waals surface area contributed by atoms with Crippen LogP contribution >= 0.6 is 0 Å². The van der Waals surface area contributed by atoms with Crippen LogP contribution in [0.4, 0.5) is 0 Å². The van der Waals surface area contributed by atoms with Gasteiger partial charge in [-0.25, -0.2) is 4.79 Å². The van der Waals surface area contributed by atoms with Crippen molar-refractivity contribution in [3.05, 3.63) is 106 Å². The zero-order chi connectivity index (χ0) is 20.1. The summed E-state index contributed by atoms with van der Waals surface area (Å²) >= 11 is 0. The molecule has 3 aromatic carbocycles. The van der Waals surface area contributed by atoms with Crippen molar-refractivity contribution in [1.82, 2.24) is 0 Å². The number of rotatable bonds is 6. The molecule has 0 radical (unpaired) electrons. The van der Waals surface area contributed by atoms with Gasteiger partial charge in [0.25, 0.3) is 0 Å². The molecular weight excluding hydrogens is 352 g/mol. The van der Waals surface area contributed by atoms with Crippen LogP contribution in [0.1, 0.15) is 49.1 Å². The number of hydrogen-bond acceptors (Lipinski definition) is 4. The molecule has 1 atom stereocenters.